The summed E-state index contributed by atoms with van der Waals surface area (Å²) in [6, 6.07) is 8.95. The van der Waals surface area contributed by atoms with Gasteiger partial charge in [-0.15, -0.1) is 0 Å². The van der Waals surface area contributed by atoms with Crippen molar-refractivity contribution in [3.8, 4) is 0 Å². The first-order valence-corrected chi connectivity index (χ1v) is 8.12. The van der Waals surface area contributed by atoms with Crippen LogP contribution in [0.4, 0.5) is 0 Å². The van der Waals surface area contributed by atoms with E-state index in [-0.39, 0.29) is 0 Å². The fourth-order valence-electron chi connectivity index (χ4n) is 2.79. The summed E-state index contributed by atoms with van der Waals surface area (Å²) in [6.07, 6.45) is 10.3. The number of aromatic amines is 1. The molecule has 1 unspecified atom stereocenters. The van der Waals surface area contributed by atoms with Gasteiger partial charge in [-0.25, -0.2) is 0 Å². The van der Waals surface area contributed by atoms with Gasteiger partial charge in [-0.05, 0) is 31.5 Å². The Hall–Kier alpha value is -1.28. The molecule has 0 aliphatic rings. The molecule has 0 bridgehead atoms. The predicted octanol–water partition coefficient (Wildman–Crippen LogP) is 5.18. The second-order valence-corrected chi connectivity index (χ2v) is 5.73. The van der Waals surface area contributed by atoms with Crippen molar-refractivity contribution < 1.29 is 0 Å². The summed E-state index contributed by atoms with van der Waals surface area (Å²) in [5.41, 5.74) is 2.61. The zero-order chi connectivity index (χ0) is 14.2. The molecule has 1 heterocycles. The molecule has 0 amide bonds. The van der Waals surface area contributed by atoms with Crippen LogP contribution in [-0.4, -0.2) is 11.5 Å². The summed E-state index contributed by atoms with van der Waals surface area (Å²) < 4.78 is 0. The first kappa shape index (κ1) is 15.1. The number of rotatable bonds is 9. The molecule has 2 N–H and O–H groups in total. The number of aromatic nitrogens is 1. The van der Waals surface area contributed by atoms with E-state index in [9.17, 15) is 0 Å². The number of hydrogen-bond acceptors (Lipinski definition) is 1. The van der Waals surface area contributed by atoms with Crippen LogP contribution in [0.15, 0.2) is 30.5 Å². The lowest BCUT2D eigenvalue weighted by molar-refractivity contribution is 0.529. The van der Waals surface area contributed by atoms with E-state index in [1.54, 1.807) is 0 Å². The number of H-pyrrole nitrogens is 1. The molecule has 0 aliphatic heterocycles. The Bertz CT molecular complexity index is 501. The van der Waals surface area contributed by atoms with E-state index in [1.807, 2.05) is 0 Å². The Balaban J connectivity index is 1.73. The molecule has 2 aromatic rings. The van der Waals surface area contributed by atoms with E-state index in [4.69, 9.17) is 0 Å². The van der Waals surface area contributed by atoms with E-state index >= 15 is 0 Å². The van der Waals surface area contributed by atoms with Crippen LogP contribution in [0, 0.1) is 0 Å². The van der Waals surface area contributed by atoms with Crippen molar-refractivity contribution in [2.45, 2.75) is 58.4 Å². The zero-order valence-corrected chi connectivity index (χ0v) is 12.9. The van der Waals surface area contributed by atoms with E-state index in [0.717, 1.165) is 6.54 Å². The van der Waals surface area contributed by atoms with Crippen LogP contribution in [0.1, 0.15) is 64.0 Å². The summed E-state index contributed by atoms with van der Waals surface area (Å²) in [7, 11) is 0. The summed E-state index contributed by atoms with van der Waals surface area (Å²) in [5.74, 6) is 0. The lowest BCUT2D eigenvalue weighted by Gasteiger charge is -2.13. The van der Waals surface area contributed by atoms with Crippen molar-refractivity contribution in [2.75, 3.05) is 6.54 Å². The Morgan fingerprint density at radius 3 is 2.65 bits per heavy atom. The highest BCUT2D eigenvalue weighted by atomic mass is 14.9. The molecule has 1 atom stereocenters. The number of fused-ring (bicyclic) bond motifs is 1. The summed E-state index contributed by atoms with van der Waals surface area (Å²) in [4.78, 5) is 3.35. The van der Waals surface area contributed by atoms with Gasteiger partial charge < -0.3 is 10.3 Å². The third-order valence-electron chi connectivity index (χ3n) is 4.07. The Kier molecular flexibility index (Phi) is 6.13. The fraction of sp³-hybridized carbons (Fsp3) is 0.556. The maximum Gasteiger partial charge on any atom is 0.0457 e. The molecule has 0 spiro atoms. The summed E-state index contributed by atoms with van der Waals surface area (Å²) in [6.45, 7) is 5.64. The van der Waals surface area contributed by atoms with E-state index in [1.165, 1.54) is 55.0 Å². The Morgan fingerprint density at radius 1 is 1.05 bits per heavy atom. The Labute approximate surface area is 123 Å². The topological polar surface area (TPSA) is 27.8 Å². The summed E-state index contributed by atoms with van der Waals surface area (Å²) in [5, 5.41) is 4.99. The van der Waals surface area contributed by atoms with Gasteiger partial charge in [-0.1, -0.05) is 57.2 Å². The average molecular weight is 272 g/mol. The van der Waals surface area contributed by atoms with Gasteiger partial charge in [0.1, 0.15) is 0 Å². The minimum Gasteiger partial charge on any atom is -0.361 e. The van der Waals surface area contributed by atoms with Crippen molar-refractivity contribution in [3.05, 3.63) is 36.0 Å². The van der Waals surface area contributed by atoms with Crippen LogP contribution in [0.5, 0.6) is 0 Å². The minimum atomic E-state index is 0.418. The molecule has 0 radical (unpaired) electrons. The third kappa shape index (κ3) is 4.11. The van der Waals surface area contributed by atoms with Gasteiger partial charge in [0.05, 0.1) is 0 Å². The van der Waals surface area contributed by atoms with E-state index in [2.05, 4.69) is 54.6 Å². The normalized spacial score (nSPS) is 12.9. The standard InChI is InChI=1S/C18H28N2/c1-3-4-5-6-7-10-13-19-15(2)17-14-20-18-12-9-8-11-16(17)18/h8-9,11-12,14-15,19-20H,3-7,10,13H2,1-2H3. The molecule has 2 rings (SSSR count). The first-order chi connectivity index (χ1) is 9.83. The van der Waals surface area contributed by atoms with Crippen LogP contribution < -0.4 is 5.32 Å². The molecule has 2 heteroatoms. The largest absolute Gasteiger partial charge is 0.361 e. The maximum absolute atomic E-state index is 3.65. The lowest BCUT2D eigenvalue weighted by atomic mass is 10.1. The van der Waals surface area contributed by atoms with Crippen LogP contribution >= 0.6 is 0 Å². The molecule has 2 nitrogen and oxygen atoms in total. The molecule has 1 aromatic heterocycles. The number of benzene rings is 1. The van der Waals surface area contributed by atoms with Crippen molar-refractivity contribution in [2.24, 2.45) is 0 Å². The smallest absolute Gasteiger partial charge is 0.0457 e. The lowest BCUT2D eigenvalue weighted by Crippen LogP contribution is -2.19. The number of unbranched alkanes of at least 4 members (excludes halogenated alkanes) is 5. The van der Waals surface area contributed by atoms with Crippen LogP contribution in [-0.2, 0) is 0 Å². The van der Waals surface area contributed by atoms with Gasteiger partial charge in [0.25, 0.3) is 0 Å². The van der Waals surface area contributed by atoms with Gasteiger partial charge in [-0.3, -0.25) is 0 Å². The van der Waals surface area contributed by atoms with Crippen LogP contribution in [0.25, 0.3) is 10.9 Å². The second kappa shape index (κ2) is 8.11. The molecule has 0 aliphatic carbocycles. The second-order valence-electron chi connectivity index (χ2n) is 5.73. The number of hydrogen-bond donors (Lipinski definition) is 2. The van der Waals surface area contributed by atoms with Crippen molar-refractivity contribution in [3.63, 3.8) is 0 Å². The first-order valence-electron chi connectivity index (χ1n) is 8.12. The van der Waals surface area contributed by atoms with Gasteiger partial charge in [0.15, 0.2) is 0 Å². The van der Waals surface area contributed by atoms with Gasteiger partial charge in [-0.2, -0.15) is 0 Å². The third-order valence-corrected chi connectivity index (χ3v) is 4.07. The highest BCUT2D eigenvalue weighted by Crippen LogP contribution is 2.23. The summed E-state index contributed by atoms with van der Waals surface area (Å²) >= 11 is 0. The van der Waals surface area contributed by atoms with Crippen LogP contribution in [0.2, 0.25) is 0 Å². The molecule has 1 aromatic carbocycles. The van der Waals surface area contributed by atoms with Gasteiger partial charge in [0.2, 0.25) is 0 Å². The highest BCUT2D eigenvalue weighted by Gasteiger charge is 2.09. The van der Waals surface area contributed by atoms with E-state index in [0.29, 0.717) is 6.04 Å². The molecule has 110 valence electrons. The molecular weight excluding hydrogens is 244 g/mol. The molecule has 0 fully saturated rings. The van der Waals surface area contributed by atoms with E-state index < -0.39 is 0 Å². The molecule has 0 saturated heterocycles. The van der Waals surface area contributed by atoms with Gasteiger partial charge >= 0.3 is 0 Å². The van der Waals surface area contributed by atoms with Crippen molar-refractivity contribution in [1.82, 2.24) is 10.3 Å². The quantitative estimate of drug-likeness (QED) is 0.605. The Morgan fingerprint density at radius 2 is 1.80 bits per heavy atom. The van der Waals surface area contributed by atoms with Crippen LogP contribution in [0.3, 0.4) is 0 Å². The fourth-order valence-corrected chi connectivity index (χ4v) is 2.79. The maximum atomic E-state index is 3.65. The van der Waals surface area contributed by atoms with Crippen molar-refractivity contribution >= 4 is 10.9 Å². The monoisotopic (exact) mass is 272 g/mol. The number of para-hydroxylation sites is 1. The molecular formula is C18H28N2. The van der Waals surface area contributed by atoms with Crippen molar-refractivity contribution in [1.29, 1.82) is 0 Å². The average Bonchev–Trinajstić information content (AvgIpc) is 2.90. The number of nitrogens with one attached hydrogen (secondary N) is 2. The van der Waals surface area contributed by atoms with Gasteiger partial charge in [0, 0.05) is 23.1 Å². The molecule has 0 saturated carbocycles. The predicted molar refractivity (Wildman–Crippen MR) is 88.1 cm³/mol. The zero-order valence-electron chi connectivity index (χ0n) is 12.9. The molecule has 20 heavy (non-hydrogen) atoms. The minimum absolute atomic E-state index is 0.418. The SMILES string of the molecule is CCCCCCCCNC(C)c1c[nH]c2ccccc12. The highest BCUT2D eigenvalue weighted by molar-refractivity contribution is 5.83.